The predicted molar refractivity (Wildman–Crippen MR) is 163 cm³/mol. The lowest BCUT2D eigenvalue weighted by atomic mass is 9.89. The monoisotopic (exact) mass is 594 g/mol. The van der Waals surface area contributed by atoms with Gasteiger partial charge in [-0.15, -0.1) is 0 Å². The summed E-state index contributed by atoms with van der Waals surface area (Å²) in [4.78, 5) is 60.7. The third-order valence-electron chi connectivity index (χ3n) is 8.13. The van der Waals surface area contributed by atoms with Crippen LogP contribution in [0.2, 0.25) is 0 Å². The fourth-order valence-corrected chi connectivity index (χ4v) is 5.81. The Balaban J connectivity index is 1.26. The van der Waals surface area contributed by atoms with E-state index in [0.29, 0.717) is 57.3 Å². The number of urea groups is 1. The van der Waals surface area contributed by atoms with Crippen LogP contribution in [0.4, 0.5) is 32.7 Å². The largest absolute Gasteiger partial charge is 0.444 e. The number of pyridine rings is 1. The standard InChI is InChI=1S/C29H42N10O4/c1-28(2,3)43-27(42)37-14-12-36(13-15-37)21-8-7-20(17-31-21)33-25-23(24(30)40)32-18-22(34-25)38-10-6-9-29(4,19-38)39-16-11-35(5)26(39)41/h7-8,17-18H,6,9-16,19H2,1-5H3,(H2,30,40)(H,33,34)/t29-/m0/s1. The van der Waals surface area contributed by atoms with Gasteiger partial charge in [-0.3, -0.25) is 4.79 Å². The Bertz CT molecular complexity index is 1360. The van der Waals surface area contributed by atoms with E-state index in [-0.39, 0.29) is 29.2 Å². The van der Waals surface area contributed by atoms with Gasteiger partial charge < -0.3 is 40.3 Å². The third-order valence-corrected chi connectivity index (χ3v) is 8.13. The second kappa shape index (κ2) is 11.7. The molecule has 5 heterocycles. The summed E-state index contributed by atoms with van der Waals surface area (Å²) in [6.45, 7) is 12.8. The number of primary amides is 1. The topological polar surface area (TPSA) is 153 Å². The molecule has 0 radical (unpaired) electrons. The molecule has 0 unspecified atom stereocenters. The minimum atomic E-state index is -0.692. The van der Waals surface area contributed by atoms with E-state index in [1.165, 1.54) is 0 Å². The Kier molecular flexibility index (Phi) is 8.21. The summed E-state index contributed by atoms with van der Waals surface area (Å²) in [5.41, 5.74) is 5.42. The second-order valence-corrected chi connectivity index (χ2v) is 12.7. The molecule has 3 aliphatic heterocycles. The van der Waals surface area contributed by atoms with Gasteiger partial charge in [-0.05, 0) is 52.7 Å². The molecule has 0 aliphatic carbocycles. The van der Waals surface area contributed by atoms with Crippen LogP contribution in [-0.4, -0.2) is 118 Å². The summed E-state index contributed by atoms with van der Waals surface area (Å²) in [5, 5.41) is 3.17. The van der Waals surface area contributed by atoms with Crippen molar-refractivity contribution < 1.29 is 19.1 Å². The molecule has 0 bridgehead atoms. The molecule has 3 N–H and O–H groups in total. The highest BCUT2D eigenvalue weighted by molar-refractivity contribution is 5.96. The number of rotatable bonds is 6. The van der Waals surface area contributed by atoms with Gasteiger partial charge in [-0.25, -0.2) is 24.5 Å². The maximum Gasteiger partial charge on any atom is 0.410 e. The van der Waals surface area contributed by atoms with Crippen molar-refractivity contribution >= 4 is 41.2 Å². The van der Waals surface area contributed by atoms with Gasteiger partial charge in [0, 0.05) is 59.4 Å². The van der Waals surface area contributed by atoms with Gasteiger partial charge in [0.1, 0.15) is 17.2 Å². The average Bonchev–Trinajstić information content (AvgIpc) is 3.31. The Morgan fingerprint density at radius 1 is 0.977 bits per heavy atom. The number of likely N-dealkylation sites (N-methyl/N-ethyl adjacent to an activating group) is 1. The van der Waals surface area contributed by atoms with Gasteiger partial charge in [0.25, 0.3) is 5.91 Å². The summed E-state index contributed by atoms with van der Waals surface area (Å²) in [5.74, 6) is 0.933. The molecular formula is C29H42N10O4. The van der Waals surface area contributed by atoms with Crippen molar-refractivity contribution in [2.75, 3.05) is 74.5 Å². The van der Waals surface area contributed by atoms with Crippen molar-refractivity contribution in [2.45, 2.75) is 51.7 Å². The number of anilines is 4. The van der Waals surface area contributed by atoms with E-state index < -0.39 is 11.5 Å². The number of piperidine rings is 1. The maximum absolute atomic E-state index is 12.8. The molecular weight excluding hydrogens is 552 g/mol. The van der Waals surface area contributed by atoms with E-state index in [1.807, 2.05) is 44.9 Å². The van der Waals surface area contributed by atoms with Crippen LogP contribution >= 0.6 is 0 Å². The smallest absolute Gasteiger partial charge is 0.410 e. The van der Waals surface area contributed by atoms with Crippen LogP contribution in [0.25, 0.3) is 0 Å². The molecule has 2 aromatic heterocycles. The minimum absolute atomic E-state index is 0.0298. The first-order valence-electron chi connectivity index (χ1n) is 14.7. The van der Waals surface area contributed by atoms with E-state index in [4.69, 9.17) is 15.5 Å². The Morgan fingerprint density at radius 2 is 1.72 bits per heavy atom. The van der Waals surface area contributed by atoms with Gasteiger partial charge in [-0.1, -0.05) is 0 Å². The number of nitrogens with two attached hydrogens (primary N) is 1. The summed E-state index contributed by atoms with van der Waals surface area (Å²) >= 11 is 0. The van der Waals surface area contributed by atoms with Crippen molar-refractivity contribution in [2.24, 2.45) is 5.73 Å². The van der Waals surface area contributed by atoms with Crippen LogP contribution in [0.15, 0.2) is 24.5 Å². The summed E-state index contributed by atoms with van der Waals surface area (Å²) in [7, 11) is 1.83. The first kappa shape index (κ1) is 30.1. The molecule has 0 saturated carbocycles. The molecule has 3 saturated heterocycles. The lowest BCUT2D eigenvalue weighted by molar-refractivity contribution is 0.0240. The Hall–Kier alpha value is -4.36. The maximum atomic E-state index is 12.8. The van der Waals surface area contributed by atoms with Crippen LogP contribution in [-0.2, 0) is 4.74 Å². The number of ether oxygens (including phenoxy) is 1. The van der Waals surface area contributed by atoms with Crippen LogP contribution < -0.4 is 20.9 Å². The number of carbonyl (C=O) groups excluding carboxylic acids is 3. The minimum Gasteiger partial charge on any atom is -0.444 e. The number of piperazine rings is 1. The molecule has 43 heavy (non-hydrogen) atoms. The number of carbonyl (C=O) groups is 3. The van der Waals surface area contributed by atoms with E-state index in [0.717, 1.165) is 25.2 Å². The molecule has 14 heteroatoms. The van der Waals surface area contributed by atoms with Gasteiger partial charge in [0.05, 0.1) is 23.6 Å². The molecule has 232 valence electrons. The van der Waals surface area contributed by atoms with Gasteiger partial charge in [0.15, 0.2) is 11.5 Å². The number of nitrogens with zero attached hydrogens (tertiary/aromatic N) is 8. The number of nitrogens with one attached hydrogen (secondary N) is 1. The zero-order valence-corrected chi connectivity index (χ0v) is 25.7. The van der Waals surface area contributed by atoms with Crippen LogP contribution in [0.5, 0.6) is 0 Å². The van der Waals surface area contributed by atoms with Crippen LogP contribution in [0.1, 0.15) is 51.0 Å². The highest BCUT2D eigenvalue weighted by Crippen LogP contribution is 2.33. The average molecular weight is 595 g/mol. The lowest BCUT2D eigenvalue weighted by Crippen LogP contribution is -2.58. The summed E-state index contributed by atoms with van der Waals surface area (Å²) in [6.07, 6.45) is 4.72. The molecule has 2 aromatic rings. The van der Waals surface area contributed by atoms with Crippen molar-refractivity contribution in [1.82, 2.24) is 29.7 Å². The molecule has 3 aliphatic rings. The number of hydrogen-bond acceptors (Lipinski definition) is 10. The van der Waals surface area contributed by atoms with Gasteiger partial charge >= 0.3 is 12.1 Å². The van der Waals surface area contributed by atoms with E-state index in [2.05, 4.69) is 32.0 Å². The number of amides is 4. The summed E-state index contributed by atoms with van der Waals surface area (Å²) < 4.78 is 5.49. The lowest BCUT2D eigenvalue weighted by Gasteiger charge is -2.46. The Morgan fingerprint density at radius 3 is 2.33 bits per heavy atom. The van der Waals surface area contributed by atoms with E-state index >= 15 is 0 Å². The molecule has 14 nitrogen and oxygen atoms in total. The van der Waals surface area contributed by atoms with Crippen LogP contribution in [0, 0.1) is 0 Å². The Labute approximate surface area is 252 Å². The molecule has 4 amide bonds. The first-order chi connectivity index (χ1) is 20.3. The third kappa shape index (κ3) is 6.67. The van der Waals surface area contributed by atoms with Gasteiger partial charge in [-0.2, -0.15) is 0 Å². The highest BCUT2D eigenvalue weighted by atomic mass is 16.6. The fraction of sp³-hybridized carbons (Fsp3) is 0.586. The molecule has 5 rings (SSSR count). The quantitative estimate of drug-likeness (QED) is 0.510. The number of hydrogen-bond donors (Lipinski definition) is 2. The molecule has 0 spiro atoms. The SMILES string of the molecule is CN1CCN([C@@]2(C)CCCN(c3cnc(C(N)=O)c(Nc4ccc(N5CCN(C(=O)OC(C)(C)C)CC5)nc4)n3)C2)C1=O. The highest BCUT2D eigenvalue weighted by Gasteiger charge is 2.43. The first-order valence-corrected chi connectivity index (χ1v) is 14.7. The normalized spacial score (nSPS) is 21.3. The van der Waals surface area contributed by atoms with Crippen molar-refractivity contribution in [3.63, 3.8) is 0 Å². The molecule has 1 atom stereocenters. The number of aromatic nitrogens is 3. The zero-order valence-electron chi connectivity index (χ0n) is 25.7. The fourth-order valence-electron chi connectivity index (χ4n) is 5.81. The second-order valence-electron chi connectivity index (χ2n) is 12.7. The predicted octanol–water partition coefficient (Wildman–Crippen LogP) is 2.50. The van der Waals surface area contributed by atoms with E-state index in [1.54, 1.807) is 22.2 Å². The van der Waals surface area contributed by atoms with Crippen molar-refractivity contribution in [3.05, 3.63) is 30.2 Å². The van der Waals surface area contributed by atoms with Gasteiger partial charge in [0.2, 0.25) is 0 Å². The van der Waals surface area contributed by atoms with Crippen molar-refractivity contribution in [1.29, 1.82) is 0 Å². The molecule has 3 fully saturated rings. The summed E-state index contributed by atoms with van der Waals surface area (Å²) in [6, 6.07) is 3.78. The van der Waals surface area contributed by atoms with E-state index in [9.17, 15) is 14.4 Å². The zero-order chi connectivity index (χ0) is 30.9. The van der Waals surface area contributed by atoms with Crippen LogP contribution in [0.3, 0.4) is 0 Å². The molecule has 0 aromatic carbocycles. The van der Waals surface area contributed by atoms with Crippen molar-refractivity contribution in [3.8, 4) is 0 Å².